The molecule has 0 unspecified atom stereocenters. The van der Waals surface area contributed by atoms with Gasteiger partial charge in [0.15, 0.2) is 0 Å². The van der Waals surface area contributed by atoms with Crippen LogP contribution >= 0.6 is 0 Å². The number of benzene rings is 2. The highest BCUT2D eigenvalue weighted by Gasteiger charge is 2.30. The Kier molecular flexibility index (Phi) is 7.01. The van der Waals surface area contributed by atoms with E-state index in [0.29, 0.717) is 0 Å². The first-order valence-electron chi connectivity index (χ1n) is 9.75. The Morgan fingerprint density at radius 3 is 2.29 bits per heavy atom. The van der Waals surface area contributed by atoms with Crippen molar-refractivity contribution >= 4 is 11.6 Å². The fourth-order valence-corrected chi connectivity index (χ4v) is 3.03. The summed E-state index contributed by atoms with van der Waals surface area (Å²) < 4.78 is 44.2. The molecule has 2 aromatic carbocycles. The third-order valence-corrected chi connectivity index (χ3v) is 4.75. The molecule has 31 heavy (non-hydrogen) atoms. The van der Waals surface area contributed by atoms with Gasteiger partial charge in [0.25, 0.3) is 5.95 Å². The van der Waals surface area contributed by atoms with E-state index < -0.39 is 11.7 Å². The lowest BCUT2D eigenvalue weighted by Gasteiger charge is -2.20. The van der Waals surface area contributed by atoms with Gasteiger partial charge in [-0.1, -0.05) is 26.0 Å². The summed E-state index contributed by atoms with van der Waals surface area (Å²) in [6.45, 7) is 6.72. The second-order valence-corrected chi connectivity index (χ2v) is 6.74. The molecule has 0 bridgehead atoms. The molecule has 0 radical (unpaired) electrons. The molecule has 0 aliphatic heterocycles. The summed E-state index contributed by atoms with van der Waals surface area (Å²) in [5.74, 6) is 0.915. The number of anilines is 2. The molecule has 0 saturated carbocycles. The smallest absolute Gasteiger partial charge is 0.416 e. The molecule has 0 fully saturated rings. The van der Waals surface area contributed by atoms with Crippen LogP contribution in [0.3, 0.4) is 0 Å². The zero-order valence-electron chi connectivity index (χ0n) is 17.4. The quantitative estimate of drug-likeness (QED) is 0.560. The van der Waals surface area contributed by atoms with Gasteiger partial charge in [-0.2, -0.15) is 13.2 Å². The van der Waals surface area contributed by atoms with Crippen LogP contribution in [0.2, 0.25) is 0 Å². The Labute approximate surface area is 178 Å². The Morgan fingerprint density at radius 1 is 0.968 bits per heavy atom. The third-order valence-electron chi connectivity index (χ3n) is 4.75. The van der Waals surface area contributed by atoms with E-state index in [2.05, 4.69) is 44.5 Å². The summed E-state index contributed by atoms with van der Waals surface area (Å²) in [7, 11) is 1.62. The van der Waals surface area contributed by atoms with E-state index in [1.807, 2.05) is 18.2 Å². The molecule has 0 aliphatic carbocycles. The van der Waals surface area contributed by atoms with Gasteiger partial charge in [-0.05, 0) is 43.4 Å². The maximum Gasteiger partial charge on any atom is 0.416 e. The summed E-state index contributed by atoms with van der Waals surface area (Å²) in [4.78, 5) is 2.26. The fraction of sp³-hybridized carbons (Fsp3) is 0.333. The van der Waals surface area contributed by atoms with E-state index in [9.17, 15) is 13.2 Å². The number of aromatic nitrogens is 4. The average molecular weight is 432 g/mol. The third kappa shape index (κ3) is 5.66. The fourth-order valence-electron chi connectivity index (χ4n) is 3.03. The maximum atomic E-state index is 12.9. The molecular weight excluding hydrogens is 409 g/mol. The van der Waals surface area contributed by atoms with Gasteiger partial charge in [0, 0.05) is 23.4 Å². The number of nitrogens with one attached hydrogen (secondary N) is 1. The van der Waals surface area contributed by atoms with Crippen molar-refractivity contribution in [2.75, 3.05) is 25.5 Å². The lowest BCUT2D eigenvalue weighted by Crippen LogP contribution is -2.22. The monoisotopic (exact) mass is 432 g/mol. The molecule has 0 amide bonds. The summed E-state index contributed by atoms with van der Waals surface area (Å²) in [5.41, 5.74) is 1.12. The molecule has 3 rings (SSSR count). The van der Waals surface area contributed by atoms with Crippen molar-refractivity contribution in [2.45, 2.75) is 26.6 Å². The van der Waals surface area contributed by atoms with E-state index in [-0.39, 0.29) is 17.3 Å². The highest BCUT2D eigenvalue weighted by Crippen LogP contribution is 2.31. The van der Waals surface area contributed by atoms with E-state index in [1.165, 1.54) is 12.1 Å². The summed E-state index contributed by atoms with van der Waals surface area (Å²) in [6.07, 6.45) is -4.45. The number of alkyl halides is 3. The zero-order valence-corrected chi connectivity index (χ0v) is 17.4. The van der Waals surface area contributed by atoms with E-state index in [1.54, 1.807) is 7.11 Å². The Morgan fingerprint density at radius 2 is 1.68 bits per heavy atom. The molecule has 1 N–H and O–H groups in total. The molecule has 1 aromatic heterocycles. The Balaban J connectivity index is 1.78. The molecule has 1 heterocycles. The average Bonchev–Trinajstić information content (AvgIpc) is 2.77. The maximum absolute atomic E-state index is 12.9. The van der Waals surface area contributed by atoms with E-state index in [0.717, 1.165) is 48.8 Å². The van der Waals surface area contributed by atoms with Gasteiger partial charge < -0.3 is 10.1 Å². The minimum absolute atomic E-state index is 0.00797. The predicted octanol–water partition coefficient (Wildman–Crippen LogP) is 4.55. The molecule has 0 spiro atoms. The molecule has 3 aromatic rings. The number of ether oxygens (including phenoxy) is 1. The number of nitrogens with zero attached hydrogens (tertiary/aromatic N) is 5. The number of methoxy groups -OCH3 is 1. The zero-order chi connectivity index (χ0) is 22.4. The standard InChI is InChI=1S/C21H23F3N6O/c1-4-30(5-2)13-15-12-17(9-10-18(15)31-3)25-20-28-26-19(27-29-20)14-7-6-8-16(11-14)21(22,23)24/h6-12H,4-5,13H2,1-3H3,(H,25,28,29). The predicted molar refractivity (Wildman–Crippen MR) is 111 cm³/mol. The van der Waals surface area contributed by atoms with Gasteiger partial charge in [0.2, 0.25) is 5.82 Å². The van der Waals surface area contributed by atoms with Crippen LogP contribution in [-0.4, -0.2) is 45.5 Å². The lowest BCUT2D eigenvalue weighted by molar-refractivity contribution is -0.137. The Hall–Kier alpha value is -3.27. The number of rotatable bonds is 8. The molecule has 0 saturated heterocycles. The molecule has 0 atom stereocenters. The van der Waals surface area contributed by atoms with Crippen molar-refractivity contribution in [1.82, 2.24) is 25.3 Å². The second-order valence-electron chi connectivity index (χ2n) is 6.74. The van der Waals surface area contributed by atoms with Gasteiger partial charge in [-0.25, -0.2) is 0 Å². The van der Waals surface area contributed by atoms with Crippen LogP contribution in [0.25, 0.3) is 11.4 Å². The van der Waals surface area contributed by atoms with Gasteiger partial charge in [0.1, 0.15) is 5.75 Å². The van der Waals surface area contributed by atoms with Crippen LogP contribution in [0.1, 0.15) is 25.0 Å². The summed E-state index contributed by atoms with van der Waals surface area (Å²) in [6, 6.07) is 10.3. The van der Waals surface area contributed by atoms with Crippen LogP contribution < -0.4 is 10.1 Å². The van der Waals surface area contributed by atoms with E-state index >= 15 is 0 Å². The topological polar surface area (TPSA) is 76.1 Å². The van der Waals surface area contributed by atoms with Crippen molar-refractivity contribution in [1.29, 1.82) is 0 Å². The van der Waals surface area contributed by atoms with Crippen LogP contribution in [0, 0.1) is 0 Å². The number of halogens is 3. The summed E-state index contributed by atoms with van der Waals surface area (Å²) >= 11 is 0. The van der Waals surface area contributed by atoms with Gasteiger partial charge in [0.05, 0.1) is 12.7 Å². The van der Waals surface area contributed by atoms with Crippen molar-refractivity contribution in [2.24, 2.45) is 0 Å². The molecule has 0 aliphatic rings. The van der Waals surface area contributed by atoms with Crippen LogP contribution in [0.5, 0.6) is 5.75 Å². The van der Waals surface area contributed by atoms with Crippen molar-refractivity contribution in [3.63, 3.8) is 0 Å². The Bertz CT molecular complexity index is 1010. The largest absolute Gasteiger partial charge is 0.496 e. The highest BCUT2D eigenvalue weighted by atomic mass is 19.4. The molecular formula is C21H23F3N6O. The van der Waals surface area contributed by atoms with Gasteiger partial charge >= 0.3 is 6.18 Å². The van der Waals surface area contributed by atoms with Crippen LogP contribution in [0.4, 0.5) is 24.8 Å². The molecule has 10 heteroatoms. The lowest BCUT2D eigenvalue weighted by atomic mass is 10.1. The van der Waals surface area contributed by atoms with E-state index in [4.69, 9.17) is 4.74 Å². The van der Waals surface area contributed by atoms with Crippen molar-refractivity contribution in [3.05, 3.63) is 53.6 Å². The van der Waals surface area contributed by atoms with Gasteiger partial charge in [-0.15, -0.1) is 20.4 Å². The normalized spacial score (nSPS) is 11.6. The first-order valence-corrected chi connectivity index (χ1v) is 9.75. The minimum atomic E-state index is -4.45. The SMILES string of the molecule is CCN(CC)Cc1cc(Nc2nnc(-c3cccc(C(F)(F)F)c3)nn2)ccc1OC. The number of hydrogen-bond donors (Lipinski definition) is 1. The van der Waals surface area contributed by atoms with Crippen LogP contribution in [0.15, 0.2) is 42.5 Å². The number of hydrogen-bond acceptors (Lipinski definition) is 7. The molecule has 164 valence electrons. The van der Waals surface area contributed by atoms with Crippen molar-refractivity contribution < 1.29 is 17.9 Å². The molecule has 7 nitrogen and oxygen atoms in total. The second kappa shape index (κ2) is 9.69. The van der Waals surface area contributed by atoms with Crippen molar-refractivity contribution in [3.8, 4) is 17.1 Å². The first kappa shape index (κ1) is 22.4. The highest BCUT2D eigenvalue weighted by molar-refractivity contribution is 5.58. The first-order chi connectivity index (χ1) is 14.8. The van der Waals surface area contributed by atoms with Crippen LogP contribution in [-0.2, 0) is 12.7 Å². The minimum Gasteiger partial charge on any atom is -0.496 e. The summed E-state index contributed by atoms with van der Waals surface area (Å²) in [5, 5.41) is 18.7. The van der Waals surface area contributed by atoms with Gasteiger partial charge in [-0.3, -0.25) is 4.90 Å².